The summed E-state index contributed by atoms with van der Waals surface area (Å²) >= 11 is 6.10. The maximum Gasteiger partial charge on any atom is 0.265 e. The van der Waals surface area contributed by atoms with Crippen LogP contribution in [0.2, 0.25) is 5.02 Å². The highest BCUT2D eigenvalue weighted by Crippen LogP contribution is 2.34. The summed E-state index contributed by atoms with van der Waals surface area (Å²) in [5.41, 5.74) is 1.57. The molecule has 0 atom stereocenters. The number of anilines is 1. The minimum absolute atomic E-state index is 0.0359. The molecule has 0 amide bonds. The second-order valence-corrected chi connectivity index (χ2v) is 4.70. The molecule has 0 aliphatic carbocycles. The zero-order valence-electron chi connectivity index (χ0n) is 9.43. The summed E-state index contributed by atoms with van der Waals surface area (Å²) in [6.07, 6.45) is 2.14. The number of hydrogen-bond acceptors (Lipinski definition) is 1. The van der Waals surface area contributed by atoms with Crippen molar-refractivity contribution in [2.24, 2.45) is 0 Å². The van der Waals surface area contributed by atoms with Crippen molar-refractivity contribution in [3.05, 3.63) is 35.4 Å². The van der Waals surface area contributed by atoms with Crippen molar-refractivity contribution in [3.63, 3.8) is 0 Å². The van der Waals surface area contributed by atoms with Crippen LogP contribution in [0.4, 0.5) is 14.5 Å². The molecule has 0 bridgehead atoms. The molecular formula is C13H14ClF2N. The van der Waals surface area contributed by atoms with Crippen LogP contribution < -0.4 is 4.90 Å². The lowest BCUT2D eigenvalue weighted by molar-refractivity contribution is -0.0116. The van der Waals surface area contributed by atoms with Crippen LogP contribution in [0.1, 0.15) is 18.4 Å². The third-order valence-electron chi connectivity index (χ3n) is 2.94. The smallest absolute Gasteiger partial charge is 0.265 e. The summed E-state index contributed by atoms with van der Waals surface area (Å²) < 4.78 is 26.6. The molecule has 0 unspecified atom stereocenters. The molecule has 0 radical (unpaired) electrons. The Morgan fingerprint density at radius 1 is 1.41 bits per heavy atom. The molecule has 1 aromatic carbocycles. The van der Waals surface area contributed by atoms with E-state index in [0.29, 0.717) is 23.7 Å². The van der Waals surface area contributed by atoms with Gasteiger partial charge in [-0.25, -0.2) is 8.78 Å². The van der Waals surface area contributed by atoms with Crippen LogP contribution in [0.3, 0.4) is 0 Å². The SMILES string of the molecule is C=Cc1ccc(N2CCCC(F)(F)C2)c(Cl)c1. The lowest BCUT2D eigenvalue weighted by atomic mass is 10.1. The zero-order valence-corrected chi connectivity index (χ0v) is 10.2. The quantitative estimate of drug-likeness (QED) is 0.767. The van der Waals surface area contributed by atoms with Crippen molar-refractivity contribution < 1.29 is 8.78 Å². The molecular weight excluding hydrogens is 244 g/mol. The average Bonchev–Trinajstić information content (AvgIpc) is 2.27. The molecule has 1 aliphatic heterocycles. The molecule has 1 fully saturated rings. The first-order chi connectivity index (χ1) is 8.02. The molecule has 0 spiro atoms. The molecule has 1 heterocycles. The molecule has 0 saturated carbocycles. The van der Waals surface area contributed by atoms with Crippen molar-refractivity contribution in [1.29, 1.82) is 0 Å². The highest BCUT2D eigenvalue weighted by molar-refractivity contribution is 6.33. The fraction of sp³-hybridized carbons (Fsp3) is 0.385. The Labute approximate surface area is 105 Å². The highest BCUT2D eigenvalue weighted by atomic mass is 35.5. The largest absolute Gasteiger partial charge is 0.364 e. The molecule has 17 heavy (non-hydrogen) atoms. The second kappa shape index (κ2) is 4.65. The van der Waals surface area contributed by atoms with Gasteiger partial charge < -0.3 is 4.90 Å². The van der Waals surface area contributed by atoms with Crippen molar-refractivity contribution in [2.45, 2.75) is 18.8 Å². The van der Waals surface area contributed by atoms with E-state index in [1.807, 2.05) is 6.07 Å². The van der Waals surface area contributed by atoms with Crippen LogP contribution in [0.15, 0.2) is 24.8 Å². The lowest BCUT2D eigenvalue weighted by Crippen LogP contribution is -2.42. The topological polar surface area (TPSA) is 3.24 Å². The molecule has 2 rings (SSSR count). The molecule has 4 heteroatoms. The van der Waals surface area contributed by atoms with Crippen molar-refractivity contribution in [3.8, 4) is 0 Å². The number of hydrogen-bond donors (Lipinski definition) is 0. The van der Waals surface area contributed by atoms with Gasteiger partial charge >= 0.3 is 0 Å². The van der Waals surface area contributed by atoms with Crippen LogP contribution in [-0.2, 0) is 0 Å². The van der Waals surface area contributed by atoms with Gasteiger partial charge in [0.1, 0.15) is 0 Å². The molecule has 0 N–H and O–H groups in total. The van der Waals surface area contributed by atoms with Gasteiger partial charge in [0.25, 0.3) is 5.92 Å². The number of piperidine rings is 1. The summed E-state index contributed by atoms with van der Waals surface area (Å²) in [5, 5.41) is 0.500. The Kier molecular flexibility index (Phi) is 3.38. The Morgan fingerprint density at radius 2 is 2.18 bits per heavy atom. The van der Waals surface area contributed by atoms with Crippen LogP contribution in [0, 0.1) is 0 Å². The Morgan fingerprint density at radius 3 is 2.76 bits per heavy atom. The molecule has 1 aliphatic rings. The highest BCUT2D eigenvalue weighted by Gasteiger charge is 2.35. The van der Waals surface area contributed by atoms with E-state index in [9.17, 15) is 8.78 Å². The van der Waals surface area contributed by atoms with Gasteiger partial charge in [-0.05, 0) is 24.1 Å². The summed E-state index contributed by atoms with van der Waals surface area (Å²) in [6.45, 7) is 4.02. The number of alkyl halides is 2. The van der Waals surface area contributed by atoms with Crippen molar-refractivity contribution in [2.75, 3.05) is 18.0 Å². The third-order valence-corrected chi connectivity index (χ3v) is 3.24. The third kappa shape index (κ3) is 2.78. The molecule has 92 valence electrons. The number of benzene rings is 1. The first-order valence-corrected chi connectivity index (χ1v) is 5.94. The van der Waals surface area contributed by atoms with E-state index >= 15 is 0 Å². The van der Waals surface area contributed by atoms with Crippen LogP contribution in [0.25, 0.3) is 6.08 Å². The minimum Gasteiger partial charge on any atom is -0.364 e. The Balaban J connectivity index is 2.25. The standard InChI is InChI=1S/C13H14ClF2N/c1-2-10-4-5-12(11(14)8-10)17-7-3-6-13(15,16)9-17/h2,4-5,8H,1,3,6-7,9H2. The van der Waals surface area contributed by atoms with Gasteiger partial charge in [-0.3, -0.25) is 0 Å². The maximum atomic E-state index is 13.3. The van der Waals surface area contributed by atoms with Gasteiger partial charge in [0.2, 0.25) is 0 Å². The lowest BCUT2D eigenvalue weighted by Gasteiger charge is -2.34. The molecule has 0 aromatic heterocycles. The Bertz CT molecular complexity index is 431. The molecule has 1 nitrogen and oxygen atoms in total. The van der Waals surface area contributed by atoms with E-state index in [1.54, 1.807) is 23.1 Å². The maximum absolute atomic E-state index is 13.3. The summed E-state index contributed by atoms with van der Waals surface area (Å²) in [5.74, 6) is -2.61. The van der Waals surface area contributed by atoms with E-state index in [-0.39, 0.29) is 13.0 Å². The first-order valence-electron chi connectivity index (χ1n) is 5.57. The molecule has 1 aromatic rings. The van der Waals surface area contributed by atoms with E-state index in [0.717, 1.165) is 5.56 Å². The average molecular weight is 258 g/mol. The summed E-state index contributed by atoms with van der Waals surface area (Å²) in [6, 6.07) is 5.36. The zero-order chi connectivity index (χ0) is 12.5. The minimum atomic E-state index is -2.61. The van der Waals surface area contributed by atoms with Gasteiger partial charge in [-0.2, -0.15) is 0 Å². The number of halogens is 3. The van der Waals surface area contributed by atoms with E-state index in [4.69, 9.17) is 11.6 Å². The summed E-state index contributed by atoms with van der Waals surface area (Å²) in [4.78, 5) is 1.65. The van der Waals surface area contributed by atoms with E-state index < -0.39 is 5.92 Å². The van der Waals surface area contributed by atoms with Crippen LogP contribution >= 0.6 is 11.6 Å². The fourth-order valence-electron chi connectivity index (χ4n) is 2.08. The van der Waals surface area contributed by atoms with E-state index in [2.05, 4.69) is 6.58 Å². The van der Waals surface area contributed by atoms with Crippen LogP contribution in [0.5, 0.6) is 0 Å². The predicted molar refractivity (Wildman–Crippen MR) is 67.9 cm³/mol. The number of nitrogens with zero attached hydrogens (tertiary/aromatic N) is 1. The van der Waals surface area contributed by atoms with Gasteiger partial charge in [0, 0.05) is 13.0 Å². The molecule has 1 saturated heterocycles. The van der Waals surface area contributed by atoms with Gasteiger partial charge in [-0.15, -0.1) is 0 Å². The fourth-order valence-corrected chi connectivity index (χ4v) is 2.39. The second-order valence-electron chi connectivity index (χ2n) is 4.30. The predicted octanol–water partition coefficient (Wildman–Crippen LogP) is 4.22. The van der Waals surface area contributed by atoms with Gasteiger partial charge in [-0.1, -0.05) is 30.3 Å². The van der Waals surface area contributed by atoms with Crippen molar-refractivity contribution in [1.82, 2.24) is 0 Å². The number of rotatable bonds is 2. The van der Waals surface area contributed by atoms with Crippen molar-refractivity contribution >= 4 is 23.4 Å². The normalized spacial score (nSPS) is 19.1. The van der Waals surface area contributed by atoms with Gasteiger partial charge in [0.15, 0.2) is 0 Å². The first kappa shape index (κ1) is 12.4. The summed E-state index contributed by atoms with van der Waals surface area (Å²) in [7, 11) is 0. The Hall–Kier alpha value is -1.09. The monoisotopic (exact) mass is 257 g/mol. The van der Waals surface area contributed by atoms with Gasteiger partial charge in [0.05, 0.1) is 17.3 Å². The van der Waals surface area contributed by atoms with E-state index in [1.165, 1.54) is 0 Å². The van der Waals surface area contributed by atoms with Crippen LogP contribution in [-0.4, -0.2) is 19.0 Å².